The Kier molecular flexibility index (Phi) is 5.83. The lowest BCUT2D eigenvalue weighted by Crippen LogP contribution is -2.37. The highest BCUT2D eigenvalue weighted by molar-refractivity contribution is 5.39. The zero-order valence-electron chi connectivity index (χ0n) is 12.5. The highest BCUT2D eigenvalue weighted by Gasteiger charge is 2.20. The minimum absolute atomic E-state index is 0.344. The van der Waals surface area contributed by atoms with Crippen LogP contribution in [0.5, 0.6) is 5.75 Å². The second kappa shape index (κ2) is 6.92. The topological polar surface area (TPSA) is 52.5 Å². The lowest BCUT2D eigenvalue weighted by Gasteiger charge is -2.24. The quantitative estimate of drug-likeness (QED) is 0.710. The predicted molar refractivity (Wildman–Crippen MR) is 79.2 cm³/mol. The van der Waals surface area contributed by atoms with E-state index in [1.165, 1.54) is 0 Å². The first-order valence-electron chi connectivity index (χ1n) is 7.02. The maximum Gasteiger partial charge on any atom is 0.122 e. The van der Waals surface area contributed by atoms with Gasteiger partial charge in [-0.3, -0.25) is 0 Å². The molecule has 0 aliphatic rings. The first-order valence-corrected chi connectivity index (χ1v) is 7.02. The van der Waals surface area contributed by atoms with Crippen molar-refractivity contribution >= 4 is 0 Å². The van der Waals surface area contributed by atoms with Gasteiger partial charge in [-0.05, 0) is 38.2 Å². The summed E-state index contributed by atoms with van der Waals surface area (Å²) >= 11 is 0. The highest BCUT2D eigenvalue weighted by atomic mass is 16.3. The van der Waals surface area contributed by atoms with Gasteiger partial charge in [0.15, 0.2) is 0 Å². The number of hydrogen-bond donors (Lipinski definition) is 3. The Hall–Kier alpha value is -1.06. The van der Waals surface area contributed by atoms with Crippen LogP contribution in [0.15, 0.2) is 18.2 Å². The van der Waals surface area contributed by atoms with Gasteiger partial charge in [-0.15, -0.1) is 0 Å². The van der Waals surface area contributed by atoms with Gasteiger partial charge < -0.3 is 15.5 Å². The molecule has 0 bridgehead atoms. The van der Waals surface area contributed by atoms with Crippen LogP contribution in [0.3, 0.4) is 0 Å². The van der Waals surface area contributed by atoms with E-state index in [9.17, 15) is 10.2 Å². The maximum absolute atomic E-state index is 10.2. The van der Waals surface area contributed by atoms with Crippen LogP contribution in [-0.2, 0) is 6.54 Å². The van der Waals surface area contributed by atoms with Gasteiger partial charge >= 0.3 is 0 Å². The molecule has 1 rings (SSSR count). The molecule has 0 amide bonds. The fourth-order valence-corrected chi connectivity index (χ4v) is 2.02. The average Bonchev–Trinajstić information content (AvgIpc) is 2.32. The molecular weight excluding hydrogens is 238 g/mol. The number of nitrogens with one attached hydrogen (secondary N) is 1. The van der Waals surface area contributed by atoms with Crippen LogP contribution < -0.4 is 5.32 Å². The molecule has 0 heterocycles. The molecule has 0 aliphatic carbocycles. The summed E-state index contributed by atoms with van der Waals surface area (Å²) in [5.41, 5.74) is 1.06. The standard InChI is InChI=1S/C16H27NO2/c1-12(2)8-9-16(4,19)11-17-10-14-7-5-6-13(3)15(14)18/h5-7,12,17-19H,8-11H2,1-4H3. The molecule has 19 heavy (non-hydrogen) atoms. The van der Waals surface area contributed by atoms with Crippen molar-refractivity contribution in [2.24, 2.45) is 5.92 Å². The molecule has 1 unspecified atom stereocenters. The highest BCUT2D eigenvalue weighted by Crippen LogP contribution is 2.21. The third-order valence-electron chi connectivity index (χ3n) is 3.40. The Morgan fingerprint density at radius 2 is 2.00 bits per heavy atom. The minimum atomic E-state index is -0.691. The van der Waals surface area contributed by atoms with E-state index in [0.717, 1.165) is 24.0 Å². The SMILES string of the molecule is Cc1cccc(CNCC(C)(O)CCC(C)C)c1O. The smallest absolute Gasteiger partial charge is 0.122 e. The Morgan fingerprint density at radius 1 is 1.32 bits per heavy atom. The predicted octanol–water partition coefficient (Wildman–Crippen LogP) is 2.98. The van der Waals surface area contributed by atoms with E-state index in [1.807, 2.05) is 32.0 Å². The fourth-order valence-electron chi connectivity index (χ4n) is 2.02. The van der Waals surface area contributed by atoms with Gasteiger partial charge in [0, 0.05) is 18.7 Å². The summed E-state index contributed by atoms with van der Waals surface area (Å²) in [5, 5.41) is 23.4. The van der Waals surface area contributed by atoms with Crippen LogP contribution in [0.1, 0.15) is 44.7 Å². The van der Waals surface area contributed by atoms with Crippen LogP contribution in [0.2, 0.25) is 0 Å². The molecule has 1 aromatic carbocycles. The van der Waals surface area contributed by atoms with Crippen LogP contribution in [0.25, 0.3) is 0 Å². The van der Waals surface area contributed by atoms with Gasteiger partial charge in [-0.1, -0.05) is 32.0 Å². The van der Waals surface area contributed by atoms with Crippen LogP contribution >= 0.6 is 0 Å². The lowest BCUT2D eigenvalue weighted by atomic mass is 9.95. The van der Waals surface area contributed by atoms with E-state index in [1.54, 1.807) is 0 Å². The number of hydrogen-bond acceptors (Lipinski definition) is 3. The van der Waals surface area contributed by atoms with Gasteiger partial charge in [0.2, 0.25) is 0 Å². The van der Waals surface area contributed by atoms with Gasteiger partial charge in [0.1, 0.15) is 5.75 Å². The summed E-state index contributed by atoms with van der Waals surface area (Å²) in [5.74, 6) is 0.948. The molecular formula is C16H27NO2. The summed E-state index contributed by atoms with van der Waals surface area (Å²) in [4.78, 5) is 0. The molecule has 0 saturated carbocycles. The van der Waals surface area contributed by atoms with Gasteiger partial charge in [-0.2, -0.15) is 0 Å². The van der Waals surface area contributed by atoms with E-state index in [4.69, 9.17) is 0 Å². The van der Waals surface area contributed by atoms with Gasteiger partial charge in [0.25, 0.3) is 0 Å². The van der Waals surface area contributed by atoms with E-state index >= 15 is 0 Å². The molecule has 0 radical (unpaired) electrons. The Morgan fingerprint density at radius 3 is 2.63 bits per heavy atom. The number of aryl methyl sites for hydroxylation is 1. The average molecular weight is 265 g/mol. The molecule has 1 atom stereocenters. The molecule has 0 aliphatic heterocycles. The molecule has 1 aromatic rings. The van der Waals surface area contributed by atoms with Crippen molar-refractivity contribution in [2.45, 2.75) is 52.7 Å². The molecule has 0 saturated heterocycles. The van der Waals surface area contributed by atoms with Crippen molar-refractivity contribution in [3.8, 4) is 5.75 Å². The van der Waals surface area contributed by atoms with E-state index < -0.39 is 5.60 Å². The number of para-hydroxylation sites is 1. The van der Waals surface area contributed by atoms with Crippen molar-refractivity contribution in [2.75, 3.05) is 6.54 Å². The fraction of sp³-hybridized carbons (Fsp3) is 0.625. The number of phenols is 1. The summed E-state index contributed by atoms with van der Waals surface area (Å²) in [6.07, 6.45) is 1.81. The van der Waals surface area contributed by atoms with Crippen molar-refractivity contribution in [3.05, 3.63) is 29.3 Å². The molecule has 3 N–H and O–H groups in total. The molecule has 0 spiro atoms. The van der Waals surface area contributed by atoms with Gasteiger partial charge in [0.05, 0.1) is 5.60 Å². The molecule has 0 fully saturated rings. The van der Waals surface area contributed by atoms with Crippen molar-refractivity contribution in [3.63, 3.8) is 0 Å². The Bertz CT molecular complexity index is 400. The molecule has 108 valence electrons. The van der Waals surface area contributed by atoms with Crippen LogP contribution in [-0.4, -0.2) is 22.4 Å². The molecule has 0 aromatic heterocycles. The maximum atomic E-state index is 10.2. The van der Waals surface area contributed by atoms with Crippen molar-refractivity contribution in [1.29, 1.82) is 0 Å². The molecule has 3 heteroatoms. The van der Waals surface area contributed by atoms with Crippen LogP contribution in [0, 0.1) is 12.8 Å². The monoisotopic (exact) mass is 265 g/mol. The minimum Gasteiger partial charge on any atom is -0.507 e. The number of phenolic OH excluding ortho intramolecular Hbond substituents is 1. The van der Waals surface area contributed by atoms with E-state index in [-0.39, 0.29) is 0 Å². The zero-order chi connectivity index (χ0) is 14.5. The summed E-state index contributed by atoms with van der Waals surface area (Å²) in [6, 6.07) is 5.72. The third kappa shape index (κ3) is 5.62. The van der Waals surface area contributed by atoms with Crippen molar-refractivity contribution in [1.82, 2.24) is 5.32 Å². The Labute approximate surface area is 116 Å². The second-order valence-corrected chi connectivity index (χ2v) is 6.12. The van der Waals surface area contributed by atoms with E-state index in [2.05, 4.69) is 19.2 Å². The first-order chi connectivity index (χ1) is 8.82. The number of aliphatic hydroxyl groups is 1. The largest absolute Gasteiger partial charge is 0.507 e. The first kappa shape index (κ1) is 16.0. The summed E-state index contributed by atoms with van der Waals surface area (Å²) in [7, 11) is 0. The van der Waals surface area contributed by atoms with Gasteiger partial charge in [-0.25, -0.2) is 0 Å². The van der Waals surface area contributed by atoms with Crippen molar-refractivity contribution < 1.29 is 10.2 Å². The number of rotatable bonds is 7. The number of benzene rings is 1. The number of aromatic hydroxyl groups is 1. The Balaban J connectivity index is 2.43. The summed E-state index contributed by atoms with van der Waals surface area (Å²) in [6.45, 7) is 9.18. The third-order valence-corrected chi connectivity index (χ3v) is 3.40. The molecule has 3 nitrogen and oxygen atoms in total. The van der Waals surface area contributed by atoms with E-state index in [0.29, 0.717) is 24.8 Å². The lowest BCUT2D eigenvalue weighted by molar-refractivity contribution is 0.0450. The normalized spacial score (nSPS) is 14.6. The van der Waals surface area contributed by atoms with Crippen LogP contribution in [0.4, 0.5) is 0 Å². The second-order valence-electron chi connectivity index (χ2n) is 6.12. The zero-order valence-corrected chi connectivity index (χ0v) is 12.5. The summed E-state index contributed by atoms with van der Waals surface area (Å²) < 4.78 is 0.